The average molecular weight is 347 g/mol. The minimum Gasteiger partial charge on any atom is -0.492 e. The maximum atomic E-state index is 5.94. The first-order chi connectivity index (χ1) is 12.8. The highest BCUT2D eigenvalue weighted by atomic mass is 16.5. The number of rotatable bonds is 6. The van der Waals surface area contributed by atoms with Crippen LogP contribution in [0.3, 0.4) is 0 Å². The van der Waals surface area contributed by atoms with Gasteiger partial charge >= 0.3 is 0 Å². The number of aromatic nitrogens is 3. The molecule has 0 aliphatic carbocycles. The lowest BCUT2D eigenvalue weighted by Crippen LogP contribution is -2.04. The Balaban J connectivity index is 1.90. The Hall–Kier alpha value is -3.21. The molecule has 5 nitrogen and oxygen atoms in total. The quantitative estimate of drug-likeness (QED) is 0.544. The monoisotopic (exact) mass is 347 g/mol. The number of hydrogen-bond acceptors (Lipinski definition) is 3. The van der Waals surface area contributed by atoms with Gasteiger partial charge in [-0.05, 0) is 50.2 Å². The molecule has 0 fully saturated rings. The number of hydrogen-bond donors (Lipinski definition) is 1. The Morgan fingerprint density at radius 2 is 1.58 bits per heavy atom. The number of para-hydroxylation sites is 2. The standard InChI is InChI=1S/C21H21N3O2/c1-3-25-18-13-15(21-22-16-9-5-6-10-17(16)23-21)14-19(26-4-2)20(18)24-11-7-8-12-24/h5-14H,3-4H2,1-2H3,(H,22,23). The number of fused-ring (bicyclic) bond motifs is 1. The molecule has 4 aromatic rings. The molecular weight excluding hydrogens is 326 g/mol. The number of imidazole rings is 1. The van der Waals surface area contributed by atoms with Crippen molar-refractivity contribution in [3.63, 3.8) is 0 Å². The Morgan fingerprint density at radius 3 is 2.19 bits per heavy atom. The SMILES string of the molecule is CCOc1cc(-c2nc3ccccc3[nH]2)cc(OCC)c1-n1cccc1. The molecule has 2 aromatic carbocycles. The lowest BCUT2D eigenvalue weighted by atomic mass is 10.1. The summed E-state index contributed by atoms with van der Waals surface area (Å²) in [5.74, 6) is 2.34. The van der Waals surface area contributed by atoms with Gasteiger partial charge in [0.05, 0.1) is 24.2 Å². The van der Waals surface area contributed by atoms with Crippen LogP contribution in [0.4, 0.5) is 0 Å². The molecule has 0 saturated carbocycles. The van der Waals surface area contributed by atoms with Crippen molar-refractivity contribution >= 4 is 11.0 Å². The molecule has 0 atom stereocenters. The van der Waals surface area contributed by atoms with Crippen LogP contribution < -0.4 is 9.47 Å². The van der Waals surface area contributed by atoms with Crippen molar-refractivity contribution < 1.29 is 9.47 Å². The highest BCUT2D eigenvalue weighted by molar-refractivity contribution is 5.80. The van der Waals surface area contributed by atoms with Gasteiger partial charge in [0.15, 0.2) is 0 Å². The van der Waals surface area contributed by atoms with Crippen LogP contribution in [0.2, 0.25) is 0 Å². The highest BCUT2D eigenvalue weighted by Crippen LogP contribution is 2.38. The van der Waals surface area contributed by atoms with Crippen molar-refractivity contribution in [2.75, 3.05) is 13.2 Å². The van der Waals surface area contributed by atoms with E-state index in [1.54, 1.807) is 0 Å². The van der Waals surface area contributed by atoms with E-state index in [4.69, 9.17) is 14.5 Å². The molecule has 26 heavy (non-hydrogen) atoms. The summed E-state index contributed by atoms with van der Waals surface area (Å²) < 4.78 is 13.9. The van der Waals surface area contributed by atoms with Crippen LogP contribution in [0.5, 0.6) is 11.5 Å². The van der Waals surface area contributed by atoms with E-state index >= 15 is 0 Å². The fraction of sp³-hybridized carbons (Fsp3) is 0.190. The fourth-order valence-corrected chi connectivity index (χ4v) is 3.08. The average Bonchev–Trinajstić information content (AvgIpc) is 3.31. The molecule has 0 spiro atoms. The molecule has 4 rings (SSSR count). The maximum Gasteiger partial charge on any atom is 0.147 e. The van der Waals surface area contributed by atoms with Crippen LogP contribution in [-0.2, 0) is 0 Å². The van der Waals surface area contributed by atoms with E-state index < -0.39 is 0 Å². The third-order valence-corrected chi connectivity index (χ3v) is 4.17. The van der Waals surface area contributed by atoms with Crippen LogP contribution in [-0.4, -0.2) is 27.7 Å². The zero-order chi connectivity index (χ0) is 17.9. The topological polar surface area (TPSA) is 52.1 Å². The summed E-state index contributed by atoms with van der Waals surface area (Å²) in [6, 6.07) is 16.0. The Labute approximate surface area is 152 Å². The summed E-state index contributed by atoms with van der Waals surface area (Å²) >= 11 is 0. The van der Waals surface area contributed by atoms with Gasteiger partial charge in [0.2, 0.25) is 0 Å². The summed E-state index contributed by atoms with van der Waals surface area (Å²) in [6.45, 7) is 5.11. The van der Waals surface area contributed by atoms with Gasteiger partial charge in [-0.15, -0.1) is 0 Å². The zero-order valence-electron chi connectivity index (χ0n) is 14.9. The van der Waals surface area contributed by atoms with Crippen LogP contribution >= 0.6 is 0 Å². The van der Waals surface area contributed by atoms with E-state index in [1.807, 2.05) is 79.3 Å². The third-order valence-electron chi connectivity index (χ3n) is 4.17. The van der Waals surface area contributed by atoms with Gasteiger partial charge in [0, 0.05) is 18.0 Å². The van der Waals surface area contributed by atoms with Gasteiger partial charge in [-0.3, -0.25) is 0 Å². The second-order valence-electron chi connectivity index (χ2n) is 5.88. The van der Waals surface area contributed by atoms with Crippen molar-refractivity contribution in [1.82, 2.24) is 14.5 Å². The maximum absolute atomic E-state index is 5.94. The fourth-order valence-electron chi connectivity index (χ4n) is 3.08. The van der Waals surface area contributed by atoms with E-state index in [0.29, 0.717) is 13.2 Å². The Morgan fingerprint density at radius 1 is 0.923 bits per heavy atom. The summed E-state index contributed by atoms with van der Waals surface area (Å²) in [6.07, 6.45) is 3.97. The van der Waals surface area contributed by atoms with Gasteiger partial charge in [0.1, 0.15) is 23.0 Å². The predicted molar refractivity (Wildman–Crippen MR) is 103 cm³/mol. The Bertz CT molecular complexity index is 959. The first-order valence-electron chi connectivity index (χ1n) is 8.82. The summed E-state index contributed by atoms with van der Waals surface area (Å²) in [5.41, 5.74) is 3.78. The summed E-state index contributed by atoms with van der Waals surface area (Å²) in [5, 5.41) is 0. The number of benzene rings is 2. The molecule has 5 heteroatoms. The molecule has 0 amide bonds. The van der Waals surface area contributed by atoms with Gasteiger partial charge in [-0.25, -0.2) is 4.98 Å². The van der Waals surface area contributed by atoms with Crippen molar-refractivity contribution in [1.29, 1.82) is 0 Å². The Kier molecular flexibility index (Phi) is 4.35. The van der Waals surface area contributed by atoms with Crippen molar-refractivity contribution in [3.05, 3.63) is 60.9 Å². The van der Waals surface area contributed by atoms with Gasteiger partial charge in [0.25, 0.3) is 0 Å². The molecule has 0 unspecified atom stereocenters. The molecule has 0 aliphatic heterocycles. The third kappa shape index (κ3) is 2.92. The van der Waals surface area contributed by atoms with Gasteiger partial charge in [-0.1, -0.05) is 12.1 Å². The van der Waals surface area contributed by atoms with Gasteiger partial charge in [-0.2, -0.15) is 0 Å². The second kappa shape index (κ2) is 6.96. The smallest absolute Gasteiger partial charge is 0.147 e. The molecule has 2 aromatic heterocycles. The molecule has 0 radical (unpaired) electrons. The first-order valence-corrected chi connectivity index (χ1v) is 8.82. The van der Waals surface area contributed by atoms with Crippen molar-refractivity contribution in [2.45, 2.75) is 13.8 Å². The lowest BCUT2D eigenvalue weighted by Gasteiger charge is -2.17. The van der Waals surface area contributed by atoms with Crippen LogP contribution in [0, 0.1) is 0 Å². The minimum absolute atomic E-state index is 0.573. The van der Waals surface area contributed by atoms with E-state index in [1.165, 1.54) is 0 Å². The van der Waals surface area contributed by atoms with E-state index in [0.717, 1.165) is 39.6 Å². The summed E-state index contributed by atoms with van der Waals surface area (Å²) in [4.78, 5) is 8.08. The second-order valence-corrected chi connectivity index (χ2v) is 5.88. The summed E-state index contributed by atoms with van der Waals surface area (Å²) in [7, 11) is 0. The van der Waals surface area contributed by atoms with E-state index in [9.17, 15) is 0 Å². The highest BCUT2D eigenvalue weighted by Gasteiger charge is 2.17. The molecular formula is C21H21N3O2. The normalized spacial score (nSPS) is 11.0. The molecule has 2 heterocycles. The van der Waals surface area contributed by atoms with E-state index in [2.05, 4.69) is 4.98 Å². The number of nitrogens with zero attached hydrogens (tertiary/aromatic N) is 2. The molecule has 0 aliphatic rings. The minimum atomic E-state index is 0.573. The van der Waals surface area contributed by atoms with E-state index in [-0.39, 0.29) is 0 Å². The first kappa shape index (κ1) is 16.3. The molecule has 1 N–H and O–H groups in total. The molecule has 132 valence electrons. The number of H-pyrrole nitrogens is 1. The predicted octanol–water partition coefficient (Wildman–Crippen LogP) is 4.82. The van der Waals surface area contributed by atoms with Crippen molar-refractivity contribution in [3.8, 4) is 28.6 Å². The molecule has 0 saturated heterocycles. The number of nitrogens with one attached hydrogen (secondary N) is 1. The van der Waals surface area contributed by atoms with Crippen LogP contribution in [0.25, 0.3) is 28.1 Å². The van der Waals surface area contributed by atoms with Crippen molar-refractivity contribution in [2.24, 2.45) is 0 Å². The van der Waals surface area contributed by atoms with Crippen LogP contribution in [0.1, 0.15) is 13.8 Å². The molecule has 0 bridgehead atoms. The zero-order valence-corrected chi connectivity index (χ0v) is 14.9. The van der Waals surface area contributed by atoms with Crippen LogP contribution in [0.15, 0.2) is 60.9 Å². The lowest BCUT2D eigenvalue weighted by molar-refractivity contribution is 0.321. The van der Waals surface area contributed by atoms with Gasteiger partial charge < -0.3 is 19.0 Å². The number of aromatic amines is 1. The number of ether oxygens (including phenoxy) is 2. The largest absolute Gasteiger partial charge is 0.492 e.